The Labute approximate surface area is 94.0 Å². The van der Waals surface area contributed by atoms with Crippen LogP contribution in [0.1, 0.15) is 33.1 Å². The molecule has 0 bridgehead atoms. The van der Waals surface area contributed by atoms with Gasteiger partial charge in [0.05, 0.1) is 0 Å². The highest BCUT2D eigenvalue weighted by Crippen LogP contribution is 2.16. The zero-order valence-electron chi connectivity index (χ0n) is 10.5. The Morgan fingerprint density at radius 3 is 2.47 bits per heavy atom. The van der Waals surface area contributed by atoms with Gasteiger partial charge in [-0.25, -0.2) is 0 Å². The number of hydrogen-bond acceptors (Lipinski definition) is 3. The lowest BCUT2D eigenvalue weighted by Crippen LogP contribution is -2.38. The van der Waals surface area contributed by atoms with Crippen molar-refractivity contribution < 1.29 is 4.74 Å². The number of nitrogens with zero attached hydrogens (tertiary/aromatic N) is 1. The van der Waals surface area contributed by atoms with E-state index in [1.54, 1.807) is 0 Å². The van der Waals surface area contributed by atoms with Gasteiger partial charge in [-0.2, -0.15) is 0 Å². The highest BCUT2D eigenvalue weighted by Gasteiger charge is 2.17. The molecule has 3 heteroatoms. The summed E-state index contributed by atoms with van der Waals surface area (Å²) >= 11 is 0. The van der Waals surface area contributed by atoms with Crippen LogP contribution in [0.4, 0.5) is 0 Å². The Balaban J connectivity index is 2.14. The summed E-state index contributed by atoms with van der Waals surface area (Å²) in [6, 6.07) is 0. The highest BCUT2D eigenvalue weighted by molar-refractivity contribution is 4.74. The van der Waals surface area contributed by atoms with Crippen molar-refractivity contribution in [3.05, 3.63) is 0 Å². The molecular weight excluding hydrogens is 188 g/mol. The van der Waals surface area contributed by atoms with Crippen LogP contribution in [0.2, 0.25) is 0 Å². The zero-order chi connectivity index (χ0) is 11.3. The van der Waals surface area contributed by atoms with E-state index in [2.05, 4.69) is 25.8 Å². The normalized spacial score (nSPS) is 19.8. The van der Waals surface area contributed by atoms with Crippen LogP contribution in [0.3, 0.4) is 0 Å². The van der Waals surface area contributed by atoms with E-state index in [4.69, 9.17) is 10.5 Å². The molecule has 1 fully saturated rings. The molecule has 90 valence electrons. The van der Waals surface area contributed by atoms with Gasteiger partial charge >= 0.3 is 0 Å². The topological polar surface area (TPSA) is 38.5 Å². The van der Waals surface area contributed by atoms with E-state index in [-0.39, 0.29) is 5.54 Å². The SMILES string of the molecule is CN(CCC(C)(C)N)CC1CCOCC1. The van der Waals surface area contributed by atoms with Crippen LogP contribution in [0.5, 0.6) is 0 Å². The van der Waals surface area contributed by atoms with Crippen LogP contribution in [-0.4, -0.2) is 43.8 Å². The fourth-order valence-corrected chi connectivity index (χ4v) is 1.94. The van der Waals surface area contributed by atoms with E-state index < -0.39 is 0 Å². The minimum atomic E-state index is -0.0378. The van der Waals surface area contributed by atoms with Crippen LogP contribution in [0.25, 0.3) is 0 Å². The lowest BCUT2D eigenvalue weighted by molar-refractivity contribution is 0.0551. The van der Waals surface area contributed by atoms with E-state index in [9.17, 15) is 0 Å². The predicted molar refractivity (Wildman–Crippen MR) is 63.9 cm³/mol. The summed E-state index contributed by atoms with van der Waals surface area (Å²) in [6.45, 7) is 8.37. The van der Waals surface area contributed by atoms with E-state index in [1.807, 2.05) is 0 Å². The molecule has 0 aromatic rings. The molecule has 1 rings (SSSR count). The van der Waals surface area contributed by atoms with Gasteiger partial charge in [0.25, 0.3) is 0 Å². The smallest absolute Gasteiger partial charge is 0.0469 e. The molecule has 2 N–H and O–H groups in total. The molecule has 0 spiro atoms. The van der Waals surface area contributed by atoms with Crippen LogP contribution in [-0.2, 0) is 4.74 Å². The number of rotatable bonds is 5. The summed E-state index contributed by atoms with van der Waals surface area (Å²) in [5.41, 5.74) is 5.93. The molecule has 1 heterocycles. The summed E-state index contributed by atoms with van der Waals surface area (Å²) in [7, 11) is 2.20. The zero-order valence-corrected chi connectivity index (χ0v) is 10.5. The van der Waals surface area contributed by atoms with Crippen molar-refractivity contribution in [2.45, 2.75) is 38.6 Å². The number of hydrogen-bond donors (Lipinski definition) is 1. The van der Waals surface area contributed by atoms with E-state index >= 15 is 0 Å². The van der Waals surface area contributed by atoms with Gasteiger partial charge in [0, 0.05) is 25.3 Å². The van der Waals surface area contributed by atoms with Gasteiger partial charge in [-0.3, -0.25) is 0 Å². The maximum atomic E-state index is 5.97. The second-order valence-corrected chi connectivity index (χ2v) is 5.56. The predicted octanol–water partition coefficient (Wildman–Crippen LogP) is 1.47. The van der Waals surface area contributed by atoms with Crippen molar-refractivity contribution in [3.63, 3.8) is 0 Å². The average Bonchev–Trinajstić information content (AvgIpc) is 2.15. The third-order valence-electron chi connectivity index (χ3n) is 3.05. The van der Waals surface area contributed by atoms with Gasteiger partial charge in [0.1, 0.15) is 0 Å². The average molecular weight is 214 g/mol. The first-order valence-corrected chi connectivity index (χ1v) is 6.02. The van der Waals surface area contributed by atoms with Gasteiger partial charge in [-0.1, -0.05) is 0 Å². The summed E-state index contributed by atoms with van der Waals surface area (Å²) in [5.74, 6) is 0.824. The Morgan fingerprint density at radius 2 is 1.93 bits per heavy atom. The quantitative estimate of drug-likeness (QED) is 0.753. The molecule has 15 heavy (non-hydrogen) atoms. The van der Waals surface area contributed by atoms with Gasteiger partial charge in [-0.15, -0.1) is 0 Å². The van der Waals surface area contributed by atoms with Crippen molar-refractivity contribution in [2.24, 2.45) is 11.7 Å². The summed E-state index contributed by atoms with van der Waals surface area (Å²) in [4.78, 5) is 2.41. The number of ether oxygens (including phenoxy) is 1. The molecule has 1 saturated heterocycles. The molecule has 3 nitrogen and oxygen atoms in total. The minimum absolute atomic E-state index is 0.0378. The van der Waals surface area contributed by atoms with Crippen LogP contribution in [0.15, 0.2) is 0 Å². The second kappa shape index (κ2) is 5.83. The Kier molecular flexibility index (Phi) is 5.03. The molecule has 0 aliphatic carbocycles. The monoisotopic (exact) mass is 214 g/mol. The largest absolute Gasteiger partial charge is 0.381 e. The van der Waals surface area contributed by atoms with Crippen LogP contribution < -0.4 is 5.73 Å². The lowest BCUT2D eigenvalue weighted by Gasteiger charge is -2.29. The fourth-order valence-electron chi connectivity index (χ4n) is 1.94. The lowest BCUT2D eigenvalue weighted by atomic mass is 9.98. The molecule has 0 aromatic carbocycles. The maximum Gasteiger partial charge on any atom is 0.0469 e. The summed E-state index contributed by atoms with van der Waals surface area (Å²) in [5, 5.41) is 0. The Hall–Kier alpha value is -0.120. The first-order valence-electron chi connectivity index (χ1n) is 6.02. The summed E-state index contributed by atoms with van der Waals surface area (Å²) < 4.78 is 5.36. The molecule has 0 atom stereocenters. The third kappa shape index (κ3) is 6.13. The first-order chi connectivity index (χ1) is 6.97. The molecule has 0 saturated carbocycles. The molecule has 0 radical (unpaired) electrons. The molecule has 1 aliphatic rings. The van der Waals surface area contributed by atoms with Crippen molar-refractivity contribution in [2.75, 3.05) is 33.4 Å². The van der Waals surface area contributed by atoms with Gasteiger partial charge in [0.2, 0.25) is 0 Å². The van der Waals surface area contributed by atoms with Crippen molar-refractivity contribution >= 4 is 0 Å². The van der Waals surface area contributed by atoms with E-state index in [1.165, 1.54) is 19.4 Å². The second-order valence-electron chi connectivity index (χ2n) is 5.56. The van der Waals surface area contributed by atoms with Crippen LogP contribution in [0, 0.1) is 5.92 Å². The van der Waals surface area contributed by atoms with Crippen molar-refractivity contribution in [3.8, 4) is 0 Å². The van der Waals surface area contributed by atoms with E-state index in [0.29, 0.717) is 0 Å². The van der Waals surface area contributed by atoms with Gasteiger partial charge < -0.3 is 15.4 Å². The highest BCUT2D eigenvalue weighted by atomic mass is 16.5. The molecule has 0 amide bonds. The number of nitrogens with two attached hydrogens (primary N) is 1. The van der Waals surface area contributed by atoms with Crippen molar-refractivity contribution in [1.29, 1.82) is 0 Å². The van der Waals surface area contributed by atoms with Crippen molar-refractivity contribution in [1.82, 2.24) is 4.90 Å². The van der Waals surface area contributed by atoms with Gasteiger partial charge in [0.15, 0.2) is 0 Å². The van der Waals surface area contributed by atoms with Crippen LogP contribution >= 0.6 is 0 Å². The molecular formula is C12H26N2O. The molecule has 1 aliphatic heterocycles. The third-order valence-corrected chi connectivity index (χ3v) is 3.05. The minimum Gasteiger partial charge on any atom is -0.381 e. The molecule has 0 aromatic heterocycles. The van der Waals surface area contributed by atoms with E-state index in [0.717, 1.165) is 32.1 Å². The maximum absolute atomic E-state index is 5.97. The first kappa shape index (κ1) is 12.9. The summed E-state index contributed by atoms with van der Waals surface area (Å²) in [6.07, 6.45) is 3.50. The standard InChI is InChI=1S/C12H26N2O/c1-12(2,13)6-7-14(3)10-11-4-8-15-9-5-11/h11H,4-10,13H2,1-3H3. The Bertz CT molecular complexity index is 171. The molecule has 0 unspecified atom stereocenters. The van der Waals surface area contributed by atoms with Gasteiger partial charge in [-0.05, 0) is 52.6 Å². The Morgan fingerprint density at radius 1 is 1.33 bits per heavy atom. The fraction of sp³-hybridized carbons (Fsp3) is 1.00.